The fourth-order valence-corrected chi connectivity index (χ4v) is 2.85. The average molecular weight is 326 g/mol. The van der Waals surface area contributed by atoms with E-state index in [0.717, 1.165) is 10.5 Å². The molecule has 0 radical (unpaired) electrons. The molecule has 0 fully saturated rings. The van der Waals surface area contributed by atoms with Crippen molar-refractivity contribution in [3.8, 4) is 0 Å². The van der Waals surface area contributed by atoms with Crippen molar-refractivity contribution in [2.75, 3.05) is 13.1 Å². The third kappa shape index (κ3) is 2.83. The minimum absolute atomic E-state index is 0.188. The highest BCUT2D eigenvalue weighted by atomic mass is 35.5. The van der Waals surface area contributed by atoms with E-state index < -0.39 is 18.9 Å². The van der Waals surface area contributed by atoms with Crippen molar-refractivity contribution in [2.24, 2.45) is 0 Å². The Hall–Kier alpha value is -1.95. The third-order valence-electron chi connectivity index (χ3n) is 3.64. The van der Waals surface area contributed by atoms with Gasteiger partial charge in [-0.05, 0) is 12.0 Å². The van der Waals surface area contributed by atoms with Crippen LogP contribution < -0.4 is 0 Å². The lowest BCUT2D eigenvalue weighted by atomic mass is 10.1. The van der Waals surface area contributed by atoms with Gasteiger partial charge in [0, 0.05) is 12.1 Å². The van der Waals surface area contributed by atoms with E-state index in [4.69, 9.17) is 11.6 Å². The maximum absolute atomic E-state index is 12.5. The van der Waals surface area contributed by atoms with Gasteiger partial charge < -0.3 is 4.90 Å². The van der Waals surface area contributed by atoms with Crippen LogP contribution in [0.4, 0.5) is 8.78 Å². The predicted molar refractivity (Wildman–Crippen MR) is 78.4 cm³/mol. The van der Waals surface area contributed by atoms with Crippen LogP contribution >= 0.6 is 11.6 Å². The first-order chi connectivity index (χ1) is 10.6. The number of fused-ring (bicyclic) bond motifs is 1. The summed E-state index contributed by atoms with van der Waals surface area (Å²) in [6, 6.07) is 9.58. The molecular formula is C15H14ClF2N3O. The predicted octanol–water partition coefficient (Wildman–Crippen LogP) is 2.85. The molecule has 1 aliphatic heterocycles. The Morgan fingerprint density at radius 2 is 2.00 bits per heavy atom. The number of alkyl halides is 2. The second kappa shape index (κ2) is 6.04. The molecule has 22 heavy (non-hydrogen) atoms. The Morgan fingerprint density at radius 3 is 2.68 bits per heavy atom. The monoisotopic (exact) mass is 325 g/mol. The first-order valence-corrected chi connectivity index (χ1v) is 7.30. The summed E-state index contributed by atoms with van der Waals surface area (Å²) in [5.41, 5.74) is 1.84. The second-order valence-electron chi connectivity index (χ2n) is 5.15. The lowest BCUT2D eigenvalue weighted by Gasteiger charge is -2.25. The molecule has 0 aliphatic carbocycles. The minimum atomic E-state index is -2.55. The van der Waals surface area contributed by atoms with Crippen molar-refractivity contribution in [1.82, 2.24) is 14.7 Å². The lowest BCUT2D eigenvalue weighted by Crippen LogP contribution is -2.40. The fraction of sp³-hybridized carbons (Fsp3) is 0.333. The number of amides is 1. The van der Waals surface area contributed by atoms with Gasteiger partial charge in [0.1, 0.15) is 5.15 Å². The minimum Gasteiger partial charge on any atom is -0.331 e. The van der Waals surface area contributed by atoms with E-state index in [9.17, 15) is 13.6 Å². The molecule has 2 aromatic rings. The third-order valence-corrected chi connectivity index (χ3v) is 4.06. The van der Waals surface area contributed by atoms with Gasteiger partial charge in [-0.15, -0.1) is 0 Å². The molecule has 0 N–H and O–H groups in total. The second-order valence-corrected chi connectivity index (χ2v) is 5.51. The van der Waals surface area contributed by atoms with Gasteiger partial charge in [-0.2, -0.15) is 5.10 Å². The number of halogens is 3. The standard InChI is InChI=1S/C15H14ClF2N3O/c16-14-11-6-7-20(9-12(17)18)15(22)13(11)19-21(14)8-10-4-2-1-3-5-10/h1-5,12H,6-9H2. The number of carbonyl (C=O) groups is 1. The molecule has 0 bridgehead atoms. The zero-order chi connectivity index (χ0) is 15.7. The van der Waals surface area contributed by atoms with Crippen LogP contribution in [0.3, 0.4) is 0 Å². The Bertz CT molecular complexity index is 688. The molecular weight excluding hydrogens is 312 g/mol. The number of benzene rings is 1. The van der Waals surface area contributed by atoms with Gasteiger partial charge >= 0.3 is 0 Å². The largest absolute Gasteiger partial charge is 0.331 e. The van der Waals surface area contributed by atoms with E-state index in [1.54, 1.807) is 4.68 Å². The summed E-state index contributed by atoms with van der Waals surface area (Å²) in [7, 11) is 0. The Kier molecular flexibility index (Phi) is 4.11. The Labute approximate surface area is 131 Å². The number of aromatic nitrogens is 2. The van der Waals surface area contributed by atoms with E-state index >= 15 is 0 Å². The number of carbonyl (C=O) groups excluding carboxylic acids is 1. The molecule has 3 rings (SSSR count). The van der Waals surface area contributed by atoms with Gasteiger partial charge in [-0.25, -0.2) is 13.5 Å². The van der Waals surface area contributed by atoms with Crippen molar-refractivity contribution in [2.45, 2.75) is 19.4 Å². The topological polar surface area (TPSA) is 38.1 Å². The zero-order valence-electron chi connectivity index (χ0n) is 11.7. The SMILES string of the molecule is O=C1c2nn(Cc3ccccc3)c(Cl)c2CCN1CC(F)F. The van der Waals surface area contributed by atoms with Gasteiger partial charge in [0.2, 0.25) is 0 Å². The number of hydrogen-bond donors (Lipinski definition) is 0. The van der Waals surface area contributed by atoms with Gasteiger partial charge in [0.25, 0.3) is 12.3 Å². The Morgan fingerprint density at radius 1 is 1.27 bits per heavy atom. The molecule has 1 aromatic heterocycles. The first-order valence-electron chi connectivity index (χ1n) is 6.93. The van der Waals surface area contributed by atoms with Gasteiger partial charge in [-0.1, -0.05) is 41.9 Å². The first kappa shape index (κ1) is 15.0. The van der Waals surface area contributed by atoms with E-state index in [1.165, 1.54) is 0 Å². The molecule has 1 aliphatic rings. The summed E-state index contributed by atoms with van der Waals surface area (Å²) in [5.74, 6) is -0.477. The highest BCUT2D eigenvalue weighted by Gasteiger charge is 2.31. The van der Waals surface area contributed by atoms with E-state index in [2.05, 4.69) is 5.10 Å². The van der Waals surface area contributed by atoms with Crippen LogP contribution in [0.25, 0.3) is 0 Å². The van der Waals surface area contributed by atoms with Crippen molar-refractivity contribution in [3.05, 3.63) is 52.3 Å². The number of rotatable bonds is 4. The summed E-state index contributed by atoms with van der Waals surface area (Å²) in [5, 5.41) is 4.64. The lowest BCUT2D eigenvalue weighted by molar-refractivity contribution is 0.0532. The fourth-order valence-electron chi connectivity index (χ4n) is 2.57. The molecule has 0 spiro atoms. The quantitative estimate of drug-likeness (QED) is 0.867. The molecule has 0 saturated heterocycles. The average Bonchev–Trinajstić information content (AvgIpc) is 2.80. The van der Waals surface area contributed by atoms with Crippen molar-refractivity contribution >= 4 is 17.5 Å². The van der Waals surface area contributed by atoms with Crippen molar-refractivity contribution < 1.29 is 13.6 Å². The molecule has 7 heteroatoms. The molecule has 0 unspecified atom stereocenters. The molecule has 0 atom stereocenters. The van der Waals surface area contributed by atoms with Crippen LogP contribution in [0.15, 0.2) is 30.3 Å². The number of nitrogens with zero attached hydrogens (tertiary/aromatic N) is 3. The molecule has 1 aromatic carbocycles. The maximum Gasteiger partial charge on any atom is 0.274 e. The smallest absolute Gasteiger partial charge is 0.274 e. The Balaban J connectivity index is 1.87. The highest BCUT2D eigenvalue weighted by molar-refractivity contribution is 6.31. The van der Waals surface area contributed by atoms with Gasteiger partial charge in [0.05, 0.1) is 13.1 Å². The normalized spacial score (nSPS) is 14.5. The van der Waals surface area contributed by atoms with Crippen molar-refractivity contribution in [3.63, 3.8) is 0 Å². The molecule has 1 amide bonds. The van der Waals surface area contributed by atoms with Crippen LogP contribution in [0, 0.1) is 0 Å². The highest BCUT2D eigenvalue weighted by Crippen LogP contribution is 2.27. The molecule has 2 heterocycles. The van der Waals surface area contributed by atoms with Crippen LogP contribution in [-0.4, -0.2) is 40.1 Å². The maximum atomic E-state index is 12.5. The van der Waals surface area contributed by atoms with Crippen LogP contribution in [-0.2, 0) is 13.0 Å². The van der Waals surface area contributed by atoms with Gasteiger partial charge in [-0.3, -0.25) is 4.79 Å². The van der Waals surface area contributed by atoms with Crippen molar-refractivity contribution in [1.29, 1.82) is 0 Å². The van der Waals surface area contributed by atoms with Gasteiger partial charge in [0.15, 0.2) is 5.69 Å². The summed E-state index contributed by atoms with van der Waals surface area (Å²) in [4.78, 5) is 13.4. The molecule has 0 saturated carbocycles. The van der Waals surface area contributed by atoms with Crippen LogP contribution in [0.2, 0.25) is 5.15 Å². The summed E-state index contributed by atoms with van der Waals surface area (Å²) in [6.45, 7) is 0.114. The van der Waals surface area contributed by atoms with E-state index in [1.807, 2.05) is 30.3 Å². The van der Waals surface area contributed by atoms with Crippen LogP contribution in [0.5, 0.6) is 0 Å². The van der Waals surface area contributed by atoms with E-state index in [-0.39, 0.29) is 12.2 Å². The van der Waals surface area contributed by atoms with Crippen LogP contribution in [0.1, 0.15) is 21.6 Å². The zero-order valence-corrected chi connectivity index (χ0v) is 12.4. The molecule has 116 valence electrons. The summed E-state index contributed by atoms with van der Waals surface area (Å²) in [6.07, 6.45) is -2.10. The molecule has 4 nitrogen and oxygen atoms in total. The number of hydrogen-bond acceptors (Lipinski definition) is 2. The summed E-state index contributed by atoms with van der Waals surface area (Å²) >= 11 is 6.29. The van der Waals surface area contributed by atoms with E-state index in [0.29, 0.717) is 23.7 Å². The summed E-state index contributed by atoms with van der Waals surface area (Å²) < 4.78 is 26.5.